The predicted molar refractivity (Wildman–Crippen MR) is 58.8 cm³/mol. The quantitative estimate of drug-likeness (QED) is 0.674. The molecule has 0 aliphatic carbocycles. The zero-order valence-corrected chi connectivity index (χ0v) is 8.65. The maximum atomic E-state index is 10.2. The minimum Gasteiger partial charge on any atom is -0.481 e. The summed E-state index contributed by atoms with van der Waals surface area (Å²) in [6, 6.07) is 3.84. The summed E-state index contributed by atoms with van der Waals surface area (Å²) in [5, 5.41) is 11.6. The van der Waals surface area contributed by atoms with Crippen molar-refractivity contribution in [3.05, 3.63) is 24.5 Å². The van der Waals surface area contributed by atoms with Crippen LogP contribution >= 0.6 is 0 Å². The number of hydrogen-bond acceptors (Lipinski definition) is 3. The highest BCUT2D eigenvalue weighted by Crippen LogP contribution is 2.04. The average molecular weight is 208 g/mol. The zero-order chi connectivity index (χ0) is 10.9. The lowest BCUT2D eigenvalue weighted by molar-refractivity contribution is -0.137. The summed E-state index contributed by atoms with van der Waals surface area (Å²) in [7, 11) is 0. The second-order valence-corrected chi connectivity index (χ2v) is 3.37. The molecule has 0 atom stereocenters. The van der Waals surface area contributed by atoms with E-state index in [4.69, 9.17) is 5.11 Å². The zero-order valence-electron chi connectivity index (χ0n) is 8.65. The minimum atomic E-state index is -0.713. The van der Waals surface area contributed by atoms with Gasteiger partial charge in [0.25, 0.3) is 0 Å². The summed E-state index contributed by atoms with van der Waals surface area (Å²) >= 11 is 0. The number of unbranched alkanes of at least 4 members (excludes halogenated alkanes) is 2. The highest BCUT2D eigenvalue weighted by Gasteiger charge is 1.96. The van der Waals surface area contributed by atoms with Crippen molar-refractivity contribution in [2.45, 2.75) is 25.7 Å². The van der Waals surface area contributed by atoms with Crippen LogP contribution < -0.4 is 5.32 Å². The van der Waals surface area contributed by atoms with Gasteiger partial charge in [-0.1, -0.05) is 6.42 Å². The molecule has 0 aromatic carbocycles. The third-order valence-corrected chi connectivity index (χ3v) is 2.06. The molecule has 0 bridgehead atoms. The van der Waals surface area contributed by atoms with E-state index in [1.54, 1.807) is 12.4 Å². The number of carbonyl (C=O) groups is 1. The summed E-state index contributed by atoms with van der Waals surface area (Å²) in [6.07, 6.45) is 6.47. The average Bonchev–Trinajstić information content (AvgIpc) is 2.24. The lowest BCUT2D eigenvalue weighted by Crippen LogP contribution is -2.02. The second-order valence-electron chi connectivity index (χ2n) is 3.37. The summed E-state index contributed by atoms with van der Waals surface area (Å²) in [5.74, 6) is -0.713. The second kappa shape index (κ2) is 6.81. The standard InChI is InChI=1S/C11H16N2O2/c14-11(15)6-2-1-3-8-13-10-5-4-7-12-9-10/h4-5,7,9,13H,1-3,6,8H2,(H,14,15). The molecule has 82 valence electrons. The molecule has 1 aromatic rings. The molecule has 1 aromatic heterocycles. The van der Waals surface area contributed by atoms with Gasteiger partial charge in [-0.25, -0.2) is 0 Å². The molecule has 4 nitrogen and oxygen atoms in total. The van der Waals surface area contributed by atoms with Crippen LogP contribution in [-0.4, -0.2) is 22.6 Å². The van der Waals surface area contributed by atoms with Crippen LogP contribution in [-0.2, 0) is 4.79 Å². The van der Waals surface area contributed by atoms with Crippen LogP contribution in [0.15, 0.2) is 24.5 Å². The minimum absolute atomic E-state index is 0.271. The van der Waals surface area contributed by atoms with Crippen LogP contribution in [0.2, 0.25) is 0 Å². The van der Waals surface area contributed by atoms with E-state index in [9.17, 15) is 4.79 Å². The fraction of sp³-hybridized carbons (Fsp3) is 0.455. The molecule has 0 amide bonds. The van der Waals surface area contributed by atoms with Gasteiger partial charge in [0.2, 0.25) is 0 Å². The summed E-state index contributed by atoms with van der Waals surface area (Å²) in [6.45, 7) is 0.866. The van der Waals surface area contributed by atoms with E-state index in [0.717, 1.165) is 31.5 Å². The maximum Gasteiger partial charge on any atom is 0.303 e. The van der Waals surface area contributed by atoms with Crippen molar-refractivity contribution in [2.75, 3.05) is 11.9 Å². The molecule has 0 aliphatic heterocycles. The Kier molecular flexibility index (Phi) is 5.22. The molecule has 0 saturated heterocycles. The first-order valence-electron chi connectivity index (χ1n) is 5.15. The number of carboxylic acid groups (broad SMARTS) is 1. The molecule has 0 unspecified atom stereocenters. The van der Waals surface area contributed by atoms with E-state index < -0.39 is 5.97 Å². The van der Waals surface area contributed by atoms with Gasteiger partial charge in [0.05, 0.1) is 5.69 Å². The number of aliphatic carboxylic acids is 1. The monoisotopic (exact) mass is 208 g/mol. The third kappa shape index (κ3) is 5.67. The topological polar surface area (TPSA) is 62.2 Å². The maximum absolute atomic E-state index is 10.2. The first kappa shape index (κ1) is 11.5. The number of hydrogen-bond donors (Lipinski definition) is 2. The molecule has 0 aliphatic rings. The van der Waals surface area contributed by atoms with Crippen molar-refractivity contribution in [1.82, 2.24) is 4.98 Å². The molecule has 0 radical (unpaired) electrons. The van der Waals surface area contributed by atoms with Crippen molar-refractivity contribution in [3.8, 4) is 0 Å². The lowest BCUT2D eigenvalue weighted by atomic mass is 10.2. The van der Waals surface area contributed by atoms with Crippen LogP contribution in [0.5, 0.6) is 0 Å². The normalized spacial score (nSPS) is 9.87. The molecule has 0 spiro atoms. The Morgan fingerprint density at radius 1 is 1.40 bits per heavy atom. The van der Waals surface area contributed by atoms with E-state index in [1.807, 2.05) is 12.1 Å². The number of nitrogens with zero attached hydrogens (tertiary/aromatic N) is 1. The van der Waals surface area contributed by atoms with Crippen molar-refractivity contribution in [3.63, 3.8) is 0 Å². The summed E-state index contributed by atoms with van der Waals surface area (Å²) in [4.78, 5) is 14.2. The van der Waals surface area contributed by atoms with E-state index in [0.29, 0.717) is 0 Å². The molecular weight excluding hydrogens is 192 g/mol. The highest BCUT2D eigenvalue weighted by atomic mass is 16.4. The van der Waals surface area contributed by atoms with Crippen molar-refractivity contribution >= 4 is 11.7 Å². The van der Waals surface area contributed by atoms with Gasteiger partial charge in [-0.2, -0.15) is 0 Å². The Hall–Kier alpha value is -1.58. The van der Waals surface area contributed by atoms with Gasteiger partial charge in [-0.15, -0.1) is 0 Å². The van der Waals surface area contributed by atoms with Gasteiger partial charge < -0.3 is 10.4 Å². The Labute approximate surface area is 89.3 Å². The van der Waals surface area contributed by atoms with Gasteiger partial charge >= 0.3 is 5.97 Å². The Bertz CT molecular complexity index is 288. The van der Waals surface area contributed by atoms with E-state index in [2.05, 4.69) is 10.3 Å². The largest absolute Gasteiger partial charge is 0.481 e. The van der Waals surface area contributed by atoms with Crippen LogP contribution in [0.3, 0.4) is 0 Å². The van der Waals surface area contributed by atoms with Crippen molar-refractivity contribution < 1.29 is 9.90 Å². The van der Waals surface area contributed by atoms with Crippen LogP contribution in [0.1, 0.15) is 25.7 Å². The molecule has 1 rings (SSSR count). The van der Waals surface area contributed by atoms with E-state index >= 15 is 0 Å². The van der Waals surface area contributed by atoms with Crippen LogP contribution in [0, 0.1) is 0 Å². The van der Waals surface area contributed by atoms with Gasteiger partial charge in [-0.05, 0) is 25.0 Å². The SMILES string of the molecule is O=C(O)CCCCCNc1cccnc1. The number of anilines is 1. The fourth-order valence-corrected chi connectivity index (χ4v) is 1.28. The summed E-state index contributed by atoms with van der Waals surface area (Å²) in [5.41, 5.74) is 1.01. The number of pyridine rings is 1. The molecule has 1 heterocycles. The molecule has 0 saturated carbocycles. The molecule has 0 fully saturated rings. The third-order valence-electron chi connectivity index (χ3n) is 2.06. The molecule has 15 heavy (non-hydrogen) atoms. The number of nitrogens with one attached hydrogen (secondary N) is 1. The smallest absolute Gasteiger partial charge is 0.303 e. The summed E-state index contributed by atoms with van der Waals surface area (Å²) < 4.78 is 0. The number of rotatable bonds is 7. The van der Waals surface area contributed by atoms with Crippen molar-refractivity contribution in [2.24, 2.45) is 0 Å². The number of aromatic nitrogens is 1. The molecular formula is C11H16N2O2. The molecule has 2 N–H and O–H groups in total. The van der Waals surface area contributed by atoms with Gasteiger partial charge in [0.15, 0.2) is 0 Å². The van der Waals surface area contributed by atoms with Crippen molar-refractivity contribution in [1.29, 1.82) is 0 Å². The van der Waals surface area contributed by atoms with Gasteiger partial charge in [0.1, 0.15) is 0 Å². The van der Waals surface area contributed by atoms with Gasteiger partial charge in [-0.3, -0.25) is 9.78 Å². The Balaban J connectivity index is 2.00. The van der Waals surface area contributed by atoms with Crippen LogP contribution in [0.4, 0.5) is 5.69 Å². The highest BCUT2D eigenvalue weighted by molar-refractivity contribution is 5.66. The first-order valence-corrected chi connectivity index (χ1v) is 5.15. The number of carboxylic acids is 1. The lowest BCUT2D eigenvalue weighted by Gasteiger charge is -2.04. The van der Waals surface area contributed by atoms with Crippen LogP contribution in [0.25, 0.3) is 0 Å². The first-order chi connectivity index (χ1) is 7.29. The molecule has 4 heteroatoms. The fourth-order valence-electron chi connectivity index (χ4n) is 1.28. The van der Waals surface area contributed by atoms with E-state index in [-0.39, 0.29) is 6.42 Å². The Morgan fingerprint density at radius 3 is 2.93 bits per heavy atom. The van der Waals surface area contributed by atoms with Gasteiger partial charge in [0, 0.05) is 25.4 Å². The predicted octanol–water partition coefficient (Wildman–Crippen LogP) is 2.14. The Morgan fingerprint density at radius 2 is 2.27 bits per heavy atom. The van der Waals surface area contributed by atoms with E-state index in [1.165, 1.54) is 0 Å².